The molecule has 94 valence electrons. The maximum Gasteiger partial charge on any atom is 0.253 e. The number of phenols is 1. The summed E-state index contributed by atoms with van der Waals surface area (Å²) in [5.74, 6) is -0.260. The normalized spacial score (nSPS) is 12.2. The van der Waals surface area contributed by atoms with Crippen molar-refractivity contribution in [2.24, 2.45) is 5.73 Å². The highest BCUT2D eigenvalue weighted by molar-refractivity contribution is 6.33. The van der Waals surface area contributed by atoms with Crippen LogP contribution in [0.2, 0.25) is 5.02 Å². The van der Waals surface area contributed by atoms with Crippen molar-refractivity contribution >= 4 is 17.5 Å². The predicted molar refractivity (Wildman–Crippen MR) is 68.3 cm³/mol. The SMILES string of the molecule is CC(CCCN)NC(=O)c1cc(O)ccc1Cl. The monoisotopic (exact) mass is 256 g/mol. The largest absolute Gasteiger partial charge is 0.508 e. The fourth-order valence-corrected chi connectivity index (χ4v) is 1.69. The van der Waals surface area contributed by atoms with Crippen molar-refractivity contribution in [2.75, 3.05) is 6.54 Å². The van der Waals surface area contributed by atoms with E-state index in [0.29, 0.717) is 11.6 Å². The minimum atomic E-state index is -0.282. The molecule has 17 heavy (non-hydrogen) atoms. The number of hydrogen-bond acceptors (Lipinski definition) is 3. The van der Waals surface area contributed by atoms with E-state index in [2.05, 4.69) is 5.32 Å². The summed E-state index contributed by atoms with van der Waals surface area (Å²) >= 11 is 5.89. The number of rotatable bonds is 5. The Labute approximate surface area is 106 Å². The van der Waals surface area contributed by atoms with Crippen LogP contribution in [0.5, 0.6) is 5.75 Å². The van der Waals surface area contributed by atoms with Crippen molar-refractivity contribution in [3.63, 3.8) is 0 Å². The summed E-state index contributed by atoms with van der Waals surface area (Å²) in [6.07, 6.45) is 1.67. The summed E-state index contributed by atoms with van der Waals surface area (Å²) in [6.45, 7) is 2.51. The molecule has 4 N–H and O–H groups in total. The van der Waals surface area contributed by atoms with Crippen LogP contribution >= 0.6 is 11.6 Å². The quantitative estimate of drug-likeness (QED) is 0.753. The summed E-state index contributed by atoms with van der Waals surface area (Å²) < 4.78 is 0. The molecule has 0 radical (unpaired) electrons. The number of phenolic OH excluding ortho intramolecular Hbond substituents is 1. The number of halogens is 1. The summed E-state index contributed by atoms with van der Waals surface area (Å²) in [4.78, 5) is 11.9. The number of nitrogens with one attached hydrogen (secondary N) is 1. The number of hydrogen-bond donors (Lipinski definition) is 3. The van der Waals surface area contributed by atoms with E-state index in [1.54, 1.807) is 0 Å². The molecule has 0 saturated carbocycles. The van der Waals surface area contributed by atoms with Gasteiger partial charge >= 0.3 is 0 Å². The standard InChI is InChI=1S/C12H17ClN2O2/c1-8(3-2-6-14)15-12(17)10-7-9(16)4-5-11(10)13/h4-5,7-8,16H,2-3,6,14H2,1H3,(H,15,17). The van der Waals surface area contributed by atoms with Gasteiger partial charge in [0.15, 0.2) is 0 Å². The van der Waals surface area contributed by atoms with Gasteiger partial charge in [0.2, 0.25) is 0 Å². The molecule has 0 spiro atoms. The topological polar surface area (TPSA) is 75.3 Å². The summed E-state index contributed by atoms with van der Waals surface area (Å²) in [7, 11) is 0. The molecule has 0 saturated heterocycles. The molecule has 0 fully saturated rings. The molecule has 0 aliphatic heterocycles. The van der Waals surface area contributed by atoms with Gasteiger partial charge in [0.25, 0.3) is 5.91 Å². The smallest absolute Gasteiger partial charge is 0.253 e. The van der Waals surface area contributed by atoms with Crippen LogP contribution in [0.15, 0.2) is 18.2 Å². The zero-order valence-corrected chi connectivity index (χ0v) is 10.5. The van der Waals surface area contributed by atoms with Gasteiger partial charge in [0.1, 0.15) is 5.75 Å². The molecular weight excluding hydrogens is 240 g/mol. The van der Waals surface area contributed by atoms with Crippen LogP contribution < -0.4 is 11.1 Å². The number of nitrogens with two attached hydrogens (primary N) is 1. The Morgan fingerprint density at radius 2 is 2.29 bits per heavy atom. The molecule has 1 aromatic rings. The summed E-state index contributed by atoms with van der Waals surface area (Å²) in [5, 5.41) is 12.4. The van der Waals surface area contributed by atoms with Crippen LogP contribution in [0.3, 0.4) is 0 Å². The number of aromatic hydroxyl groups is 1. The van der Waals surface area contributed by atoms with Gasteiger partial charge in [0, 0.05) is 6.04 Å². The third kappa shape index (κ3) is 4.24. The Kier molecular flexibility index (Phi) is 5.25. The van der Waals surface area contributed by atoms with E-state index < -0.39 is 0 Å². The first-order chi connectivity index (χ1) is 8.04. The Hall–Kier alpha value is -1.26. The van der Waals surface area contributed by atoms with Gasteiger partial charge in [0.05, 0.1) is 10.6 Å². The van der Waals surface area contributed by atoms with Crippen LogP contribution in [0.4, 0.5) is 0 Å². The average molecular weight is 257 g/mol. The molecule has 0 aliphatic rings. The summed E-state index contributed by atoms with van der Waals surface area (Å²) in [5.41, 5.74) is 5.68. The lowest BCUT2D eigenvalue weighted by Gasteiger charge is -2.14. The maximum atomic E-state index is 11.9. The van der Waals surface area contributed by atoms with E-state index in [1.807, 2.05) is 6.92 Å². The second kappa shape index (κ2) is 6.47. The van der Waals surface area contributed by atoms with Gasteiger partial charge in [-0.3, -0.25) is 4.79 Å². The first kappa shape index (κ1) is 13.8. The van der Waals surface area contributed by atoms with E-state index >= 15 is 0 Å². The van der Waals surface area contributed by atoms with E-state index in [9.17, 15) is 9.90 Å². The van der Waals surface area contributed by atoms with Gasteiger partial charge in [-0.05, 0) is 44.5 Å². The van der Waals surface area contributed by atoms with Crippen LogP contribution in [0.25, 0.3) is 0 Å². The molecule has 5 heteroatoms. The van der Waals surface area contributed by atoms with Gasteiger partial charge in [-0.15, -0.1) is 0 Å². The van der Waals surface area contributed by atoms with E-state index in [1.165, 1.54) is 18.2 Å². The van der Waals surface area contributed by atoms with Crippen molar-refractivity contribution in [3.8, 4) is 5.75 Å². The second-order valence-electron chi connectivity index (χ2n) is 3.97. The molecule has 0 aliphatic carbocycles. The number of carbonyl (C=O) groups excluding carboxylic acids is 1. The zero-order chi connectivity index (χ0) is 12.8. The fourth-order valence-electron chi connectivity index (χ4n) is 1.49. The lowest BCUT2D eigenvalue weighted by Crippen LogP contribution is -2.33. The molecular formula is C12H17ClN2O2. The van der Waals surface area contributed by atoms with Crippen molar-refractivity contribution < 1.29 is 9.90 Å². The average Bonchev–Trinajstić information content (AvgIpc) is 2.29. The fraction of sp³-hybridized carbons (Fsp3) is 0.417. The van der Waals surface area contributed by atoms with Crippen LogP contribution in [-0.2, 0) is 0 Å². The minimum absolute atomic E-state index is 0.0224. The van der Waals surface area contributed by atoms with Crippen LogP contribution in [0, 0.1) is 0 Å². The number of benzene rings is 1. The van der Waals surface area contributed by atoms with Crippen molar-refractivity contribution in [1.29, 1.82) is 0 Å². The first-order valence-corrected chi connectivity index (χ1v) is 5.92. The minimum Gasteiger partial charge on any atom is -0.508 e. The zero-order valence-electron chi connectivity index (χ0n) is 9.74. The Morgan fingerprint density at radius 1 is 1.59 bits per heavy atom. The van der Waals surface area contributed by atoms with Crippen molar-refractivity contribution in [3.05, 3.63) is 28.8 Å². The third-order valence-electron chi connectivity index (χ3n) is 2.41. The number of carbonyl (C=O) groups is 1. The van der Waals surface area contributed by atoms with E-state index in [4.69, 9.17) is 17.3 Å². The Bertz CT molecular complexity index is 396. The highest BCUT2D eigenvalue weighted by Gasteiger charge is 2.13. The molecule has 1 rings (SSSR count). The molecule has 0 heterocycles. The highest BCUT2D eigenvalue weighted by Crippen LogP contribution is 2.21. The van der Waals surface area contributed by atoms with Gasteiger partial charge in [-0.2, -0.15) is 0 Å². The first-order valence-electron chi connectivity index (χ1n) is 5.54. The lowest BCUT2D eigenvalue weighted by molar-refractivity contribution is 0.0938. The third-order valence-corrected chi connectivity index (χ3v) is 2.74. The Balaban J connectivity index is 2.66. The lowest BCUT2D eigenvalue weighted by atomic mass is 10.1. The van der Waals surface area contributed by atoms with Gasteiger partial charge in [-0.1, -0.05) is 11.6 Å². The second-order valence-corrected chi connectivity index (χ2v) is 4.38. The molecule has 4 nitrogen and oxygen atoms in total. The molecule has 1 unspecified atom stereocenters. The molecule has 1 amide bonds. The predicted octanol–water partition coefficient (Wildman–Crippen LogP) is 1.90. The van der Waals surface area contributed by atoms with E-state index in [-0.39, 0.29) is 23.3 Å². The molecule has 1 aromatic carbocycles. The van der Waals surface area contributed by atoms with Gasteiger partial charge in [-0.25, -0.2) is 0 Å². The summed E-state index contributed by atoms with van der Waals surface area (Å²) in [6, 6.07) is 4.32. The molecule has 1 atom stereocenters. The van der Waals surface area contributed by atoms with Crippen LogP contribution in [-0.4, -0.2) is 23.6 Å². The van der Waals surface area contributed by atoms with Crippen molar-refractivity contribution in [2.45, 2.75) is 25.8 Å². The van der Waals surface area contributed by atoms with Crippen molar-refractivity contribution in [1.82, 2.24) is 5.32 Å². The van der Waals surface area contributed by atoms with Gasteiger partial charge < -0.3 is 16.2 Å². The van der Waals surface area contributed by atoms with Crippen LogP contribution in [0.1, 0.15) is 30.1 Å². The highest BCUT2D eigenvalue weighted by atomic mass is 35.5. The number of amides is 1. The Morgan fingerprint density at radius 3 is 2.94 bits per heavy atom. The maximum absolute atomic E-state index is 11.9. The van der Waals surface area contributed by atoms with E-state index in [0.717, 1.165) is 12.8 Å². The molecule has 0 bridgehead atoms. The molecule has 0 aromatic heterocycles.